The molecule has 2 N–H and O–H groups in total. The molecule has 0 aliphatic carbocycles. The molecule has 1 aromatic carbocycles. The van der Waals surface area contributed by atoms with Gasteiger partial charge in [0.05, 0.1) is 31.5 Å². The largest absolute Gasteiger partial charge is 0.494 e. The lowest BCUT2D eigenvalue weighted by Gasteiger charge is -2.27. The number of nitrogens with zero attached hydrogens (tertiary/aromatic N) is 4. The highest BCUT2D eigenvalue weighted by Gasteiger charge is 2.28. The first-order chi connectivity index (χ1) is 16.0. The van der Waals surface area contributed by atoms with Crippen LogP contribution in [0.2, 0.25) is 0 Å². The van der Waals surface area contributed by atoms with Crippen LogP contribution >= 0.6 is 0 Å². The number of carbonyl (C=O) groups excluding carboxylic acids is 1. The molecule has 0 spiro atoms. The van der Waals surface area contributed by atoms with Gasteiger partial charge >= 0.3 is 0 Å². The van der Waals surface area contributed by atoms with Gasteiger partial charge in [-0.2, -0.15) is 5.10 Å². The van der Waals surface area contributed by atoms with Crippen LogP contribution in [0, 0.1) is 12.7 Å². The van der Waals surface area contributed by atoms with E-state index in [2.05, 4.69) is 21.9 Å². The van der Waals surface area contributed by atoms with Crippen LogP contribution in [0.5, 0.6) is 5.75 Å². The van der Waals surface area contributed by atoms with E-state index in [1.54, 1.807) is 23.2 Å². The van der Waals surface area contributed by atoms with Crippen LogP contribution in [0.4, 0.5) is 15.9 Å². The van der Waals surface area contributed by atoms with Gasteiger partial charge in [0.1, 0.15) is 5.65 Å². The Morgan fingerprint density at radius 3 is 2.94 bits per heavy atom. The smallest absolute Gasteiger partial charge is 0.246 e. The molecule has 9 heteroatoms. The molecule has 0 saturated heterocycles. The molecule has 1 aliphatic heterocycles. The number of aromatic nitrogens is 4. The maximum Gasteiger partial charge on any atom is 0.246 e. The Labute approximate surface area is 189 Å². The number of carbonyl (C=O) groups is 1. The van der Waals surface area contributed by atoms with E-state index >= 15 is 0 Å². The minimum Gasteiger partial charge on any atom is -0.494 e. The molecule has 33 heavy (non-hydrogen) atoms. The third-order valence-electron chi connectivity index (χ3n) is 5.92. The van der Waals surface area contributed by atoms with Crippen LogP contribution in [-0.2, 0) is 17.9 Å². The summed E-state index contributed by atoms with van der Waals surface area (Å²) in [5, 5.41) is 9.04. The van der Waals surface area contributed by atoms with E-state index in [9.17, 15) is 9.18 Å². The lowest BCUT2D eigenvalue weighted by Crippen LogP contribution is -2.37. The van der Waals surface area contributed by atoms with Crippen molar-refractivity contribution >= 4 is 28.4 Å². The van der Waals surface area contributed by atoms with Gasteiger partial charge < -0.3 is 19.9 Å². The number of fused-ring (bicyclic) bond motifs is 2. The molecule has 0 bridgehead atoms. The van der Waals surface area contributed by atoms with Gasteiger partial charge in [0.15, 0.2) is 17.4 Å². The minimum atomic E-state index is -0.469. The van der Waals surface area contributed by atoms with Gasteiger partial charge in [0.25, 0.3) is 0 Å². The Morgan fingerprint density at radius 1 is 1.33 bits per heavy atom. The molecular weight excluding hydrogens is 423 g/mol. The van der Waals surface area contributed by atoms with E-state index in [1.165, 1.54) is 19.3 Å². The lowest BCUT2D eigenvalue weighted by atomic mass is 10.00. The second-order valence-corrected chi connectivity index (χ2v) is 7.89. The van der Waals surface area contributed by atoms with Crippen LogP contribution in [0.15, 0.2) is 49.3 Å². The molecule has 5 rings (SSSR count). The minimum absolute atomic E-state index is 0.127. The van der Waals surface area contributed by atoms with E-state index in [-0.39, 0.29) is 11.7 Å². The van der Waals surface area contributed by atoms with Crippen LogP contribution in [-0.4, -0.2) is 44.2 Å². The van der Waals surface area contributed by atoms with Crippen molar-refractivity contribution in [3.05, 3.63) is 66.4 Å². The second-order valence-electron chi connectivity index (χ2n) is 7.89. The summed E-state index contributed by atoms with van der Waals surface area (Å²) in [6, 6.07) is 6.62. The van der Waals surface area contributed by atoms with Crippen LogP contribution in [0.1, 0.15) is 11.3 Å². The van der Waals surface area contributed by atoms with Gasteiger partial charge in [0, 0.05) is 41.6 Å². The number of pyridine rings is 1. The summed E-state index contributed by atoms with van der Waals surface area (Å²) < 4.78 is 21.3. The Balaban J connectivity index is 1.68. The Kier molecular flexibility index (Phi) is 5.08. The normalized spacial score (nSPS) is 13.1. The van der Waals surface area contributed by atoms with Crippen molar-refractivity contribution < 1.29 is 13.9 Å². The van der Waals surface area contributed by atoms with E-state index in [4.69, 9.17) is 9.84 Å². The fourth-order valence-electron chi connectivity index (χ4n) is 4.31. The number of H-pyrrole nitrogens is 1. The van der Waals surface area contributed by atoms with Crippen molar-refractivity contribution in [2.45, 2.75) is 20.0 Å². The average molecular weight is 446 g/mol. The molecule has 0 atom stereocenters. The van der Waals surface area contributed by atoms with Crippen LogP contribution < -0.4 is 10.1 Å². The molecule has 0 radical (unpaired) electrons. The molecule has 1 amide bonds. The molecule has 4 heterocycles. The van der Waals surface area contributed by atoms with E-state index in [0.717, 1.165) is 33.4 Å². The zero-order valence-electron chi connectivity index (χ0n) is 18.4. The van der Waals surface area contributed by atoms with Gasteiger partial charge in [-0.05, 0) is 36.8 Å². The van der Waals surface area contributed by atoms with Gasteiger partial charge in [0.2, 0.25) is 5.91 Å². The van der Waals surface area contributed by atoms with Crippen LogP contribution in [0.3, 0.4) is 0 Å². The molecule has 0 fully saturated rings. The third kappa shape index (κ3) is 3.51. The molecule has 0 unspecified atom stereocenters. The molecule has 4 aromatic rings. The molecule has 8 nitrogen and oxygen atoms in total. The maximum atomic E-state index is 14.3. The first-order valence-electron chi connectivity index (χ1n) is 10.5. The standard InChI is InChI=1S/C24H23FN6O2/c1-4-20(32)30-9-10-31-18(13-30)22(16-7-8-26-23-21(16)14(2)12-27-23)24(29-31)28-15-5-6-19(33-3)17(25)11-15/h4-8,11-12H,1,9-10,13H2,2-3H3,(H,26,27)(H,28,29). The van der Waals surface area contributed by atoms with Crippen molar-refractivity contribution in [2.24, 2.45) is 0 Å². The summed E-state index contributed by atoms with van der Waals surface area (Å²) in [6.45, 7) is 7.09. The Morgan fingerprint density at radius 2 is 2.18 bits per heavy atom. The highest BCUT2D eigenvalue weighted by atomic mass is 19.1. The quantitative estimate of drug-likeness (QED) is 0.450. The number of hydrogen-bond acceptors (Lipinski definition) is 5. The molecule has 3 aromatic heterocycles. The summed E-state index contributed by atoms with van der Waals surface area (Å²) in [6.07, 6.45) is 4.98. The summed E-state index contributed by atoms with van der Waals surface area (Å²) >= 11 is 0. The van der Waals surface area contributed by atoms with Crippen LogP contribution in [0.25, 0.3) is 22.2 Å². The molecule has 0 saturated carbocycles. The second kappa shape index (κ2) is 8.09. The monoisotopic (exact) mass is 446 g/mol. The number of aryl methyl sites for hydroxylation is 1. The van der Waals surface area contributed by atoms with Crippen molar-refractivity contribution in [2.75, 3.05) is 19.0 Å². The van der Waals surface area contributed by atoms with Crippen molar-refractivity contribution in [3.8, 4) is 16.9 Å². The van der Waals surface area contributed by atoms with Crippen molar-refractivity contribution in [3.63, 3.8) is 0 Å². The highest BCUT2D eigenvalue weighted by Crippen LogP contribution is 2.39. The Hall–Kier alpha value is -4.14. The number of rotatable bonds is 5. The van der Waals surface area contributed by atoms with Gasteiger partial charge in [-0.15, -0.1) is 0 Å². The Bertz CT molecular complexity index is 1390. The molecule has 1 aliphatic rings. The fraction of sp³-hybridized carbons (Fsp3) is 0.208. The summed E-state index contributed by atoms with van der Waals surface area (Å²) in [5.41, 5.74) is 5.03. The fourth-order valence-corrected chi connectivity index (χ4v) is 4.31. The number of hydrogen-bond donors (Lipinski definition) is 2. The average Bonchev–Trinajstić information content (AvgIpc) is 3.38. The number of halogens is 1. The van der Waals surface area contributed by atoms with E-state index in [1.807, 2.05) is 23.9 Å². The summed E-state index contributed by atoms with van der Waals surface area (Å²) in [4.78, 5) is 21.7. The highest BCUT2D eigenvalue weighted by molar-refractivity contribution is 5.99. The number of nitrogens with one attached hydrogen (secondary N) is 2. The van der Waals surface area contributed by atoms with E-state index in [0.29, 0.717) is 31.1 Å². The predicted molar refractivity (Wildman–Crippen MR) is 124 cm³/mol. The number of ether oxygens (including phenoxy) is 1. The van der Waals surface area contributed by atoms with Gasteiger partial charge in [-0.3, -0.25) is 9.48 Å². The molecule has 168 valence electrons. The first-order valence-corrected chi connectivity index (χ1v) is 10.5. The first kappa shape index (κ1) is 20.7. The maximum absolute atomic E-state index is 14.3. The number of anilines is 2. The zero-order valence-corrected chi connectivity index (χ0v) is 18.4. The number of methoxy groups -OCH3 is 1. The number of benzene rings is 1. The van der Waals surface area contributed by atoms with Crippen molar-refractivity contribution in [1.82, 2.24) is 24.6 Å². The third-order valence-corrected chi connectivity index (χ3v) is 5.92. The zero-order chi connectivity index (χ0) is 23.1. The van der Waals surface area contributed by atoms with Gasteiger partial charge in [-0.1, -0.05) is 6.58 Å². The van der Waals surface area contributed by atoms with Crippen molar-refractivity contribution in [1.29, 1.82) is 0 Å². The topological polar surface area (TPSA) is 88.1 Å². The summed E-state index contributed by atoms with van der Waals surface area (Å²) in [5.74, 6) is 0.152. The number of aromatic amines is 1. The van der Waals surface area contributed by atoms with Gasteiger partial charge in [-0.25, -0.2) is 9.37 Å². The predicted octanol–water partition coefficient (Wildman–Crippen LogP) is 4.15. The SMILES string of the molecule is C=CC(=O)N1CCn2nc(Nc3ccc(OC)c(F)c3)c(-c3ccnc4[nH]cc(C)c34)c2C1. The lowest BCUT2D eigenvalue weighted by molar-refractivity contribution is -0.127. The number of amides is 1. The summed E-state index contributed by atoms with van der Waals surface area (Å²) in [7, 11) is 1.43. The van der Waals surface area contributed by atoms with E-state index < -0.39 is 5.82 Å². The molecular formula is C24H23FN6O2.